The van der Waals surface area contributed by atoms with Gasteiger partial charge in [-0.15, -0.1) is 0 Å². The molecular formula is C12H24N2OS. The summed E-state index contributed by atoms with van der Waals surface area (Å²) in [5, 5.41) is 0. The van der Waals surface area contributed by atoms with Crippen LogP contribution in [0.4, 0.5) is 0 Å². The van der Waals surface area contributed by atoms with Gasteiger partial charge in [0.1, 0.15) is 0 Å². The molecule has 1 fully saturated rings. The predicted molar refractivity (Wildman–Crippen MR) is 70.6 cm³/mol. The van der Waals surface area contributed by atoms with Gasteiger partial charge in [0.15, 0.2) is 0 Å². The molecule has 0 spiro atoms. The minimum absolute atomic E-state index is 0.163. The molecule has 1 rings (SSSR count). The van der Waals surface area contributed by atoms with Crippen LogP contribution in [0.15, 0.2) is 0 Å². The number of nitrogens with zero attached hydrogens (tertiary/aromatic N) is 1. The van der Waals surface area contributed by atoms with Crippen molar-refractivity contribution in [3.05, 3.63) is 0 Å². The van der Waals surface area contributed by atoms with Crippen molar-refractivity contribution in [1.82, 2.24) is 4.90 Å². The van der Waals surface area contributed by atoms with Crippen LogP contribution in [0, 0.1) is 0 Å². The van der Waals surface area contributed by atoms with Gasteiger partial charge in [0.25, 0.3) is 0 Å². The third-order valence-corrected chi connectivity index (χ3v) is 3.76. The smallest absolute Gasteiger partial charge is 0.239 e. The molecule has 1 amide bonds. The number of thioether (sulfide) groups is 1. The molecule has 4 heteroatoms. The molecule has 0 aromatic carbocycles. The van der Waals surface area contributed by atoms with Crippen molar-refractivity contribution in [2.75, 3.05) is 25.1 Å². The molecule has 0 aromatic heterocycles. The lowest BCUT2D eigenvalue weighted by Gasteiger charge is -2.27. The van der Waals surface area contributed by atoms with Crippen molar-refractivity contribution in [1.29, 1.82) is 0 Å². The van der Waals surface area contributed by atoms with Crippen molar-refractivity contribution in [2.45, 2.75) is 44.6 Å². The molecule has 0 radical (unpaired) electrons. The van der Waals surface area contributed by atoms with Gasteiger partial charge < -0.3 is 10.6 Å². The summed E-state index contributed by atoms with van der Waals surface area (Å²) in [5.74, 6) is 1.14. The summed E-state index contributed by atoms with van der Waals surface area (Å²) in [6.07, 6.45) is 8.96. The van der Waals surface area contributed by atoms with E-state index in [1.807, 2.05) is 11.2 Å². The van der Waals surface area contributed by atoms with Crippen molar-refractivity contribution in [2.24, 2.45) is 5.73 Å². The second kappa shape index (κ2) is 7.96. The van der Waals surface area contributed by atoms with Gasteiger partial charge in [-0.25, -0.2) is 0 Å². The molecule has 1 saturated heterocycles. The van der Waals surface area contributed by atoms with E-state index in [-0.39, 0.29) is 11.9 Å². The van der Waals surface area contributed by atoms with E-state index in [2.05, 4.69) is 0 Å². The lowest BCUT2D eigenvalue weighted by atomic mass is 10.1. The van der Waals surface area contributed by atoms with Crippen LogP contribution in [0.3, 0.4) is 0 Å². The zero-order valence-corrected chi connectivity index (χ0v) is 11.1. The molecule has 1 aliphatic heterocycles. The van der Waals surface area contributed by atoms with Gasteiger partial charge in [-0.1, -0.05) is 19.3 Å². The van der Waals surface area contributed by atoms with E-state index in [0.29, 0.717) is 0 Å². The topological polar surface area (TPSA) is 46.3 Å². The van der Waals surface area contributed by atoms with Crippen LogP contribution >= 0.6 is 11.8 Å². The Morgan fingerprint density at radius 1 is 1.25 bits per heavy atom. The molecule has 2 N–H and O–H groups in total. The van der Waals surface area contributed by atoms with Crippen LogP contribution < -0.4 is 5.73 Å². The third-order valence-electron chi connectivity index (χ3n) is 3.12. The Hall–Kier alpha value is -0.220. The molecule has 0 bridgehead atoms. The maximum atomic E-state index is 12.1. The SMILES string of the molecule is CSCC[C@@H](N)C(=O)N1CCCCCCC1. The van der Waals surface area contributed by atoms with Gasteiger partial charge in [0, 0.05) is 13.1 Å². The fraction of sp³-hybridized carbons (Fsp3) is 0.917. The molecule has 0 saturated carbocycles. The van der Waals surface area contributed by atoms with Crippen LogP contribution in [0.25, 0.3) is 0 Å². The molecule has 1 aliphatic rings. The first-order chi connectivity index (χ1) is 7.75. The highest BCUT2D eigenvalue weighted by Gasteiger charge is 2.20. The monoisotopic (exact) mass is 244 g/mol. The van der Waals surface area contributed by atoms with Crippen molar-refractivity contribution in [3.8, 4) is 0 Å². The van der Waals surface area contributed by atoms with Crippen LogP contribution in [-0.4, -0.2) is 41.9 Å². The fourth-order valence-corrected chi connectivity index (χ4v) is 2.56. The highest BCUT2D eigenvalue weighted by molar-refractivity contribution is 7.98. The normalized spacial score (nSPS) is 20.0. The van der Waals surface area contributed by atoms with Crippen LogP contribution in [-0.2, 0) is 4.79 Å². The van der Waals surface area contributed by atoms with Gasteiger partial charge in [-0.05, 0) is 31.3 Å². The van der Waals surface area contributed by atoms with Crippen LogP contribution in [0.5, 0.6) is 0 Å². The number of amides is 1. The first-order valence-electron chi connectivity index (χ1n) is 6.29. The van der Waals surface area contributed by atoms with E-state index in [1.165, 1.54) is 19.3 Å². The zero-order valence-electron chi connectivity index (χ0n) is 10.3. The maximum absolute atomic E-state index is 12.1. The Bertz CT molecular complexity index is 203. The number of carbonyl (C=O) groups is 1. The average molecular weight is 244 g/mol. The highest BCUT2D eigenvalue weighted by atomic mass is 32.2. The summed E-state index contributed by atoms with van der Waals surface area (Å²) in [7, 11) is 0. The number of carbonyl (C=O) groups excluding carboxylic acids is 1. The Kier molecular flexibility index (Phi) is 6.88. The zero-order chi connectivity index (χ0) is 11.8. The second-order valence-electron chi connectivity index (χ2n) is 4.48. The summed E-state index contributed by atoms with van der Waals surface area (Å²) in [6.45, 7) is 1.82. The van der Waals surface area contributed by atoms with Gasteiger partial charge in [0.05, 0.1) is 6.04 Å². The first-order valence-corrected chi connectivity index (χ1v) is 7.68. The molecule has 94 valence electrons. The van der Waals surface area contributed by atoms with Gasteiger partial charge >= 0.3 is 0 Å². The Labute approximate surface area is 103 Å². The lowest BCUT2D eigenvalue weighted by molar-refractivity contribution is -0.133. The largest absolute Gasteiger partial charge is 0.341 e. The third kappa shape index (κ3) is 4.74. The Balaban J connectivity index is 2.37. The summed E-state index contributed by atoms with van der Waals surface area (Å²) >= 11 is 1.75. The van der Waals surface area contributed by atoms with E-state index in [0.717, 1.165) is 38.1 Å². The minimum atomic E-state index is -0.285. The fourth-order valence-electron chi connectivity index (χ4n) is 2.07. The quantitative estimate of drug-likeness (QED) is 0.821. The van der Waals surface area contributed by atoms with E-state index in [1.54, 1.807) is 11.8 Å². The molecule has 0 aliphatic carbocycles. The summed E-state index contributed by atoms with van der Waals surface area (Å²) in [5.41, 5.74) is 5.92. The van der Waals surface area contributed by atoms with Gasteiger partial charge in [0.2, 0.25) is 5.91 Å². The number of rotatable bonds is 4. The highest BCUT2D eigenvalue weighted by Crippen LogP contribution is 2.12. The molecule has 0 unspecified atom stereocenters. The summed E-state index contributed by atoms with van der Waals surface area (Å²) in [6, 6.07) is -0.285. The molecule has 1 atom stereocenters. The Morgan fingerprint density at radius 3 is 2.38 bits per heavy atom. The molecule has 1 heterocycles. The van der Waals surface area contributed by atoms with Crippen LogP contribution in [0.1, 0.15) is 38.5 Å². The van der Waals surface area contributed by atoms with E-state index in [4.69, 9.17) is 5.73 Å². The average Bonchev–Trinajstić information content (AvgIpc) is 2.24. The number of hydrogen-bond donors (Lipinski definition) is 1. The lowest BCUT2D eigenvalue weighted by Crippen LogP contribution is -2.45. The standard InChI is InChI=1S/C12H24N2OS/c1-16-10-7-11(13)12(15)14-8-5-3-2-4-6-9-14/h11H,2-10,13H2,1H3/t11-/m1/s1. The molecule has 3 nitrogen and oxygen atoms in total. The molecule has 16 heavy (non-hydrogen) atoms. The number of nitrogens with two attached hydrogens (primary N) is 1. The van der Waals surface area contributed by atoms with E-state index >= 15 is 0 Å². The Morgan fingerprint density at radius 2 is 1.81 bits per heavy atom. The first kappa shape index (κ1) is 13.8. The second-order valence-corrected chi connectivity index (χ2v) is 5.47. The molecular weight excluding hydrogens is 220 g/mol. The van der Waals surface area contributed by atoms with Gasteiger partial charge in [-0.2, -0.15) is 11.8 Å². The van der Waals surface area contributed by atoms with Gasteiger partial charge in [-0.3, -0.25) is 4.79 Å². The van der Waals surface area contributed by atoms with Crippen molar-refractivity contribution in [3.63, 3.8) is 0 Å². The summed E-state index contributed by atoms with van der Waals surface area (Å²) < 4.78 is 0. The maximum Gasteiger partial charge on any atom is 0.239 e. The number of likely N-dealkylation sites (tertiary alicyclic amines) is 1. The summed E-state index contributed by atoms with van der Waals surface area (Å²) in [4.78, 5) is 14.0. The van der Waals surface area contributed by atoms with Crippen molar-refractivity contribution >= 4 is 17.7 Å². The van der Waals surface area contributed by atoms with E-state index in [9.17, 15) is 4.79 Å². The number of hydrogen-bond acceptors (Lipinski definition) is 3. The minimum Gasteiger partial charge on any atom is -0.341 e. The predicted octanol–water partition coefficient (Wildman–Crippen LogP) is 1.86. The van der Waals surface area contributed by atoms with E-state index < -0.39 is 0 Å². The van der Waals surface area contributed by atoms with Crippen molar-refractivity contribution < 1.29 is 4.79 Å². The van der Waals surface area contributed by atoms with Crippen LogP contribution in [0.2, 0.25) is 0 Å². The molecule has 0 aromatic rings.